The van der Waals surface area contributed by atoms with Gasteiger partial charge in [0.15, 0.2) is 6.61 Å². The molecule has 0 spiro atoms. The lowest BCUT2D eigenvalue weighted by Gasteiger charge is -2.16. The van der Waals surface area contributed by atoms with Gasteiger partial charge in [-0.1, -0.05) is 18.2 Å². The second-order valence-corrected chi connectivity index (χ2v) is 6.52. The maximum absolute atomic E-state index is 12.2. The number of imidazole rings is 1. The van der Waals surface area contributed by atoms with Crippen LogP contribution in [0.4, 0.5) is 18.0 Å². The largest absolute Gasteiger partial charge is 0.484 e. The lowest BCUT2D eigenvalue weighted by molar-refractivity contribution is -0.153. The van der Waals surface area contributed by atoms with Crippen LogP contribution in [0, 0.1) is 0 Å². The summed E-state index contributed by atoms with van der Waals surface area (Å²) in [5.74, 6) is 0.830. The minimum Gasteiger partial charge on any atom is -0.484 e. The topological polar surface area (TPSA) is 81.1 Å². The number of halogens is 3. The Morgan fingerprint density at radius 1 is 1.20 bits per heavy atom. The van der Waals surface area contributed by atoms with E-state index in [0.29, 0.717) is 6.54 Å². The first kappa shape index (κ1) is 21.2. The van der Waals surface area contributed by atoms with Crippen molar-refractivity contribution in [3.05, 3.63) is 72.4 Å². The molecule has 3 aromatic rings. The van der Waals surface area contributed by atoms with Crippen molar-refractivity contribution in [2.24, 2.45) is 0 Å². The third-order valence-electron chi connectivity index (χ3n) is 4.16. The molecule has 2 aromatic heterocycles. The number of benzene rings is 1. The molecule has 0 saturated heterocycles. The fraction of sp³-hybridized carbons (Fsp3) is 0.250. The summed E-state index contributed by atoms with van der Waals surface area (Å²) in [6.45, 7) is 0.716. The fourth-order valence-corrected chi connectivity index (χ4v) is 2.60. The van der Waals surface area contributed by atoms with Crippen LogP contribution in [-0.4, -0.2) is 33.3 Å². The van der Waals surface area contributed by atoms with E-state index in [1.54, 1.807) is 48.5 Å². The van der Waals surface area contributed by atoms with Gasteiger partial charge in [0.05, 0.1) is 6.04 Å². The standard InChI is InChI=1S/C20H20F3N5O2/c1-14(16-3-5-17(6-4-16)30-12-20(21,22)23)27-19(29)26-11-15-2-7-18(25-10-15)28-9-8-24-13-28/h2-10,13-14H,11-12H2,1H3,(H2,26,27,29). The number of hydrogen-bond acceptors (Lipinski definition) is 4. The molecule has 7 nitrogen and oxygen atoms in total. The second kappa shape index (κ2) is 9.29. The van der Waals surface area contributed by atoms with Crippen LogP contribution in [0.2, 0.25) is 0 Å². The molecule has 0 radical (unpaired) electrons. The summed E-state index contributed by atoms with van der Waals surface area (Å²) in [4.78, 5) is 20.4. The van der Waals surface area contributed by atoms with Crippen molar-refractivity contribution in [1.82, 2.24) is 25.2 Å². The number of rotatable bonds is 7. The SMILES string of the molecule is CC(NC(=O)NCc1ccc(-n2ccnc2)nc1)c1ccc(OCC(F)(F)F)cc1. The van der Waals surface area contributed by atoms with E-state index in [1.165, 1.54) is 12.1 Å². The molecule has 0 aliphatic carbocycles. The van der Waals surface area contributed by atoms with Crippen molar-refractivity contribution in [3.8, 4) is 11.6 Å². The molecule has 2 amide bonds. The Morgan fingerprint density at radius 3 is 2.57 bits per heavy atom. The molecule has 0 saturated carbocycles. The quantitative estimate of drug-likeness (QED) is 0.611. The highest BCUT2D eigenvalue weighted by molar-refractivity contribution is 5.74. The van der Waals surface area contributed by atoms with E-state index in [4.69, 9.17) is 0 Å². The molecule has 0 fully saturated rings. The monoisotopic (exact) mass is 419 g/mol. The highest BCUT2D eigenvalue weighted by Gasteiger charge is 2.28. The van der Waals surface area contributed by atoms with Gasteiger partial charge in [0, 0.05) is 25.1 Å². The van der Waals surface area contributed by atoms with Gasteiger partial charge in [-0.15, -0.1) is 0 Å². The number of urea groups is 1. The number of carbonyl (C=O) groups is 1. The Morgan fingerprint density at radius 2 is 1.97 bits per heavy atom. The molecule has 1 aromatic carbocycles. The summed E-state index contributed by atoms with van der Waals surface area (Å²) >= 11 is 0. The summed E-state index contributed by atoms with van der Waals surface area (Å²) in [6.07, 6.45) is 2.36. The Kier molecular flexibility index (Phi) is 6.55. The van der Waals surface area contributed by atoms with Crippen molar-refractivity contribution >= 4 is 6.03 Å². The molecular weight excluding hydrogens is 399 g/mol. The number of nitrogens with zero attached hydrogens (tertiary/aromatic N) is 3. The highest BCUT2D eigenvalue weighted by atomic mass is 19.4. The normalized spacial score (nSPS) is 12.3. The van der Waals surface area contributed by atoms with Crippen LogP contribution in [0.3, 0.4) is 0 Å². The van der Waals surface area contributed by atoms with Gasteiger partial charge in [0.25, 0.3) is 0 Å². The summed E-state index contributed by atoms with van der Waals surface area (Å²) in [7, 11) is 0. The Hall–Kier alpha value is -3.56. The number of amides is 2. The maximum atomic E-state index is 12.2. The number of ether oxygens (including phenoxy) is 1. The number of nitrogens with one attached hydrogen (secondary N) is 2. The van der Waals surface area contributed by atoms with Crippen LogP contribution >= 0.6 is 0 Å². The molecule has 3 rings (SSSR count). The number of carbonyl (C=O) groups excluding carboxylic acids is 1. The summed E-state index contributed by atoms with van der Waals surface area (Å²) in [5.41, 5.74) is 1.56. The summed E-state index contributed by atoms with van der Waals surface area (Å²) < 4.78 is 43.0. The zero-order chi connectivity index (χ0) is 21.6. The van der Waals surface area contributed by atoms with Crippen LogP contribution in [0.5, 0.6) is 5.75 Å². The third kappa shape index (κ3) is 6.23. The van der Waals surface area contributed by atoms with Crippen LogP contribution in [0.1, 0.15) is 24.1 Å². The van der Waals surface area contributed by atoms with Crippen LogP contribution < -0.4 is 15.4 Å². The van der Waals surface area contributed by atoms with Crippen molar-refractivity contribution in [3.63, 3.8) is 0 Å². The fourth-order valence-electron chi connectivity index (χ4n) is 2.60. The van der Waals surface area contributed by atoms with Crippen LogP contribution in [0.15, 0.2) is 61.3 Å². The molecule has 158 valence electrons. The van der Waals surface area contributed by atoms with Crippen molar-refractivity contribution in [2.75, 3.05) is 6.61 Å². The number of alkyl halides is 3. The van der Waals surface area contributed by atoms with E-state index in [2.05, 4.69) is 25.3 Å². The van der Waals surface area contributed by atoms with Gasteiger partial charge in [0.1, 0.15) is 17.9 Å². The predicted octanol–water partition coefficient (Wildman–Crippen LogP) is 3.77. The van der Waals surface area contributed by atoms with E-state index in [1.807, 2.05) is 12.1 Å². The van der Waals surface area contributed by atoms with Crippen LogP contribution in [-0.2, 0) is 6.54 Å². The maximum Gasteiger partial charge on any atom is 0.422 e. The van der Waals surface area contributed by atoms with E-state index in [-0.39, 0.29) is 17.8 Å². The molecule has 1 unspecified atom stereocenters. The lowest BCUT2D eigenvalue weighted by Crippen LogP contribution is -2.36. The van der Waals surface area contributed by atoms with Gasteiger partial charge in [-0.3, -0.25) is 4.57 Å². The van der Waals surface area contributed by atoms with Gasteiger partial charge < -0.3 is 15.4 Å². The average molecular weight is 419 g/mol. The molecule has 10 heteroatoms. The predicted molar refractivity (Wildman–Crippen MR) is 103 cm³/mol. The molecule has 30 heavy (non-hydrogen) atoms. The first-order valence-corrected chi connectivity index (χ1v) is 9.07. The van der Waals surface area contributed by atoms with E-state index >= 15 is 0 Å². The van der Waals surface area contributed by atoms with Crippen molar-refractivity contribution in [2.45, 2.75) is 25.7 Å². The van der Waals surface area contributed by atoms with Crippen molar-refractivity contribution < 1.29 is 22.7 Å². The zero-order valence-electron chi connectivity index (χ0n) is 16.1. The zero-order valence-corrected chi connectivity index (χ0v) is 16.1. The molecule has 0 bridgehead atoms. The van der Waals surface area contributed by atoms with Gasteiger partial charge in [-0.25, -0.2) is 14.8 Å². The third-order valence-corrected chi connectivity index (χ3v) is 4.16. The first-order valence-electron chi connectivity index (χ1n) is 9.07. The summed E-state index contributed by atoms with van der Waals surface area (Å²) in [6, 6.07) is 9.04. The summed E-state index contributed by atoms with van der Waals surface area (Å²) in [5, 5.41) is 5.52. The lowest BCUT2D eigenvalue weighted by atomic mass is 10.1. The molecule has 0 aliphatic rings. The molecule has 2 N–H and O–H groups in total. The van der Waals surface area contributed by atoms with E-state index in [9.17, 15) is 18.0 Å². The molecule has 0 aliphatic heterocycles. The smallest absolute Gasteiger partial charge is 0.422 e. The first-order chi connectivity index (χ1) is 14.3. The molecular formula is C20H20F3N5O2. The number of pyridine rings is 1. The second-order valence-electron chi connectivity index (χ2n) is 6.52. The highest BCUT2D eigenvalue weighted by Crippen LogP contribution is 2.21. The van der Waals surface area contributed by atoms with Gasteiger partial charge in [-0.2, -0.15) is 13.2 Å². The Bertz CT molecular complexity index is 942. The van der Waals surface area contributed by atoms with Gasteiger partial charge in [-0.05, 0) is 36.2 Å². The van der Waals surface area contributed by atoms with E-state index < -0.39 is 12.8 Å². The minimum absolute atomic E-state index is 0.111. The van der Waals surface area contributed by atoms with Crippen LogP contribution in [0.25, 0.3) is 5.82 Å². The number of aromatic nitrogens is 3. The van der Waals surface area contributed by atoms with E-state index in [0.717, 1.165) is 16.9 Å². The molecule has 2 heterocycles. The Balaban J connectivity index is 1.46. The van der Waals surface area contributed by atoms with Gasteiger partial charge >= 0.3 is 12.2 Å². The number of hydrogen-bond donors (Lipinski definition) is 2. The minimum atomic E-state index is -4.39. The van der Waals surface area contributed by atoms with Gasteiger partial charge in [0.2, 0.25) is 0 Å². The average Bonchev–Trinajstić information content (AvgIpc) is 3.26. The Labute approximate surface area is 170 Å². The van der Waals surface area contributed by atoms with Crippen molar-refractivity contribution in [1.29, 1.82) is 0 Å². The molecule has 1 atom stereocenters.